The lowest BCUT2D eigenvalue weighted by Crippen LogP contribution is -2.39. The summed E-state index contributed by atoms with van der Waals surface area (Å²) >= 11 is 0. The van der Waals surface area contributed by atoms with E-state index in [9.17, 15) is 9.59 Å². The Kier molecular flexibility index (Phi) is 5.12. The lowest BCUT2D eigenvalue weighted by molar-refractivity contribution is -0.156. The maximum absolute atomic E-state index is 12.6. The van der Waals surface area contributed by atoms with Crippen molar-refractivity contribution in [3.63, 3.8) is 0 Å². The largest absolute Gasteiger partial charge is 0.455 e. The molecule has 2 aromatic rings. The SMILES string of the molecule is Cc1ccc(CN2C(=O)CCC2C(=O)OC(C)c2ccccn2)cc1. The molecule has 1 aromatic carbocycles. The average Bonchev–Trinajstić information content (AvgIpc) is 2.98. The number of carbonyl (C=O) groups excluding carboxylic acids is 2. The Morgan fingerprint density at radius 1 is 1.28 bits per heavy atom. The summed E-state index contributed by atoms with van der Waals surface area (Å²) in [4.78, 5) is 30.6. The number of nitrogens with zero attached hydrogens (tertiary/aromatic N) is 2. The Morgan fingerprint density at radius 2 is 2.04 bits per heavy atom. The first kappa shape index (κ1) is 17.1. The van der Waals surface area contributed by atoms with Crippen LogP contribution in [0.15, 0.2) is 48.7 Å². The number of aromatic nitrogens is 1. The molecule has 2 atom stereocenters. The fourth-order valence-electron chi connectivity index (χ4n) is 3.00. The molecule has 0 saturated carbocycles. The number of likely N-dealkylation sites (tertiary alicyclic amines) is 1. The highest BCUT2D eigenvalue weighted by Gasteiger charge is 2.37. The minimum Gasteiger partial charge on any atom is -0.455 e. The van der Waals surface area contributed by atoms with Gasteiger partial charge in [0, 0.05) is 19.2 Å². The van der Waals surface area contributed by atoms with Crippen molar-refractivity contribution >= 4 is 11.9 Å². The number of rotatable bonds is 5. The first-order valence-electron chi connectivity index (χ1n) is 8.51. The van der Waals surface area contributed by atoms with Crippen molar-refractivity contribution in [3.05, 3.63) is 65.5 Å². The zero-order valence-corrected chi connectivity index (χ0v) is 14.5. The number of hydrogen-bond acceptors (Lipinski definition) is 4. The minimum atomic E-state index is -0.528. The van der Waals surface area contributed by atoms with Gasteiger partial charge in [-0.2, -0.15) is 0 Å². The first-order chi connectivity index (χ1) is 12.0. The molecular formula is C20H22N2O3. The molecule has 0 N–H and O–H groups in total. The molecule has 0 spiro atoms. The summed E-state index contributed by atoms with van der Waals surface area (Å²) in [6.07, 6.45) is 2.11. The van der Waals surface area contributed by atoms with Gasteiger partial charge in [-0.25, -0.2) is 4.79 Å². The van der Waals surface area contributed by atoms with Gasteiger partial charge >= 0.3 is 5.97 Å². The van der Waals surface area contributed by atoms with E-state index in [0.717, 1.165) is 11.1 Å². The molecule has 0 radical (unpaired) electrons. The van der Waals surface area contributed by atoms with Gasteiger partial charge in [-0.1, -0.05) is 35.9 Å². The monoisotopic (exact) mass is 338 g/mol. The summed E-state index contributed by atoms with van der Waals surface area (Å²) in [5.74, 6) is -0.371. The fraction of sp³-hybridized carbons (Fsp3) is 0.350. The molecule has 2 heterocycles. The van der Waals surface area contributed by atoms with Crippen LogP contribution in [0.4, 0.5) is 0 Å². The third kappa shape index (κ3) is 4.05. The highest BCUT2D eigenvalue weighted by atomic mass is 16.5. The van der Waals surface area contributed by atoms with Crippen molar-refractivity contribution in [3.8, 4) is 0 Å². The average molecular weight is 338 g/mol. The van der Waals surface area contributed by atoms with E-state index in [1.165, 1.54) is 0 Å². The van der Waals surface area contributed by atoms with Crippen LogP contribution in [-0.2, 0) is 20.9 Å². The van der Waals surface area contributed by atoms with Gasteiger partial charge in [0.05, 0.1) is 5.69 Å². The van der Waals surface area contributed by atoms with Gasteiger partial charge in [0.2, 0.25) is 5.91 Å². The van der Waals surface area contributed by atoms with E-state index in [1.54, 1.807) is 18.0 Å². The Morgan fingerprint density at radius 3 is 2.72 bits per heavy atom. The number of aryl methyl sites for hydroxylation is 1. The van der Waals surface area contributed by atoms with Crippen molar-refractivity contribution in [2.75, 3.05) is 0 Å². The number of esters is 1. The molecule has 1 aliphatic heterocycles. The van der Waals surface area contributed by atoms with Gasteiger partial charge in [0.15, 0.2) is 0 Å². The summed E-state index contributed by atoms with van der Waals surface area (Å²) in [6, 6.07) is 13.0. The van der Waals surface area contributed by atoms with E-state index in [1.807, 2.05) is 49.4 Å². The molecule has 5 heteroatoms. The second kappa shape index (κ2) is 7.47. The lowest BCUT2D eigenvalue weighted by Gasteiger charge is -2.25. The summed E-state index contributed by atoms with van der Waals surface area (Å²) in [6.45, 7) is 4.24. The van der Waals surface area contributed by atoms with E-state index in [4.69, 9.17) is 4.74 Å². The molecular weight excluding hydrogens is 316 g/mol. The molecule has 1 aliphatic rings. The molecule has 1 saturated heterocycles. The van der Waals surface area contributed by atoms with Crippen LogP contribution in [0.3, 0.4) is 0 Å². The number of ether oxygens (including phenoxy) is 1. The van der Waals surface area contributed by atoms with Crippen LogP contribution < -0.4 is 0 Å². The van der Waals surface area contributed by atoms with Gasteiger partial charge in [-0.05, 0) is 38.0 Å². The molecule has 1 amide bonds. The first-order valence-corrected chi connectivity index (χ1v) is 8.51. The van der Waals surface area contributed by atoms with Crippen LogP contribution in [0.2, 0.25) is 0 Å². The van der Waals surface area contributed by atoms with Crippen LogP contribution in [0.1, 0.15) is 42.7 Å². The van der Waals surface area contributed by atoms with E-state index in [-0.39, 0.29) is 11.9 Å². The Hall–Kier alpha value is -2.69. The molecule has 0 bridgehead atoms. The van der Waals surface area contributed by atoms with E-state index < -0.39 is 12.1 Å². The number of hydrogen-bond donors (Lipinski definition) is 0. The van der Waals surface area contributed by atoms with Gasteiger partial charge in [-0.3, -0.25) is 9.78 Å². The normalized spacial score (nSPS) is 18.2. The van der Waals surface area contributed by atoms with Crippen molar-refractivity contribution in [2.45, 2.75) is 45.4 Å². The molecule has 5 nitrogen and oxygen atoms in total. The second-order valence-electron chi connectivity index (χ2n) is 6.40. The Labute approximate surface area is 147 Å². The van der Waals surface area contributed by atoms with Gasteiger partial charge in [0.1, 0.15) is 12.1 Å². The second-order valence-corrected chi connectivity index (χ2v) is 6.40. The van der Waals surface area contributed by atoms with Crippen molar-refractivity contribution in [1.29, 1.82) is 0 Å². The molecule has 2 unspecified atom stereocenters. The van der Waals surface area contributed by atoms with Gasteiger partial charge in [0.25, 0.3) is 0 Å². The van der Waals surface area contributed by atoms with E-state index in [2.05, 4.69) is 4.98 Å². The molecule has 3 rings (SSSR count). The molecule has 1 fully saturated rings. The number of amides is 1. The zero-order valence-electron chi connectivity index (χ0n) is 14.5. The van der Waals surface area contributed by atoms with Gasteiger partial charge in [-0.15, -0.1) is 0 Å². The number of benzene rings is 1. The smallest absolute Gasteiger partial charge is 0.329 e. The van der Waals surface area contributed by atoms with Gasteiger partial charge < -0.3 is 9.64 Å². The predicted molar refractivity (Wildman–Crippen MR) is 93.5 cm³/mol. The lowest BCUT2D eigenvalue weighted by atomic mass is 10.1. The molecule has 130 valence electrons. The standard InChI is InChI=1S/C20H22N2O3/c1-14-6-8-16(9-7-14)13-22-18(10-11-19(22)23)20(24)25-15(2)17-5-3-4-12-21-17/h3-9,12,15,18H,10-11,13H2,1-2H3. The third-order valence-electron chi connectivity index (χ3n) is 4.47. The third-order valence-corrected chi connectivity index (χ3v) is 4.47. The van der Waals surface area contributed by atoms with Crippen LogP contribution >= 0.6 is 0 Å². The molecule has 0 aliphatic carbocycles. The topological polar surface area (TPSA) is 59.5 Å². The summed E-state index contributed by atoms with van der Waals surface area (Å²) in [5.41, 5.74) is 2.87. The number of carbonyl (C=O) groups is 2. The zero-order chi connectivity index (χ0) is 17.8. The molecule has 25 heavy (non-hydrogen) atoms. The number of pyridine rings is 1. The summed E-state index contributed by atoms with van der Waals surface area (Å²) in [7, 11) is 0. The highest BCUT2D eigenvalue weighted by molar-refractivity contribution is 5.88. The maximum Gasteiger partial charge on any atom is 0.329 e. The van der Waals surface area contributed by atoms with Crippen LogP contribution in [-0.4, -0.2) is 27.8 Å². The fourth-order valence-corrected chi connectivity index (χ4v) is 3.00. The summed E-state index contributed by atoms with van der Waals surface area (Å²) in [5, 5.41) is 0. The van der Waals surface area contributed by atoms with Crippen molar-refractivity contribution in [2.24, 2.45) is 0 Å². The Bertz CT molecular complexity index is 743. The molecule has 1 aromatic heterocycles. The van der Waals surface area contributed by atoms with Crippen LogP contribution in [0.5, 0.6) is 0 Å². The summed E-state index contributed by atoms with van der Waals surface area (Å²) < 4.78 is 5.56. The van der Waals surface area contributed by atoms with Crippen LogP contribution in [0, 0.1) is 6.92 Å². The van der Waals surface area contributed by atoms with E-state index >= 15 is 0 Å². The highest BCUT2D eigenvalue weighted by Crippen LogP contribution is 2.25. The van der Waals surface area contributed by atoms with Crippen LogP contribution in [0.25, 0.3) is 0 Å². The maximum atomic E-state index is 12.6. The Balaban J connectivity index is 1.68. The van der Waals surface area contributed by atoms with Crippen molar-refractivity contribution in [1.82, 2.24) is 9.88 Å². The minimum absolute atomic E-state index is 0.00647. The predicted octanol–water partition coefficient (Wildman–Crippen LogP) is 3.19. The van der Waals surface area contributed by atoms with E-state index in [0.29, 0.717) is 25.1 Å². The quantitative estimate of drug-likeness (QED) is 0.786. The van der Waals surface area contributed by atoms with Crippen molar-refractivity contribution < 1.29 is 14.3 Å².